The average molecular weight is 210 g/mol. The molecule has 0 aromatic heterocycles. The smallest absolute Gasteiger partial charge is 0.161 e. The Morgan fingerprint density at radius 3 is 2.67 bits per heavy atom. The molecule has 0 aliphatic heterocycles. The molecular formula is C13H16F2. The summed E-state index contributed by atoms with van der Waals surface area (Å²) in [6, 6.07) is 0. The zero-order valence-electron chi connectivity index (χ0n) is 9.02. The van der Waals surface area contributed by atoms with Gasteiger partial charge in [-0.1, -0.05) is 19.1 Å². The highest BCUT2D eigenvalue weighted by Crippen LogP contribution is 2.36. The van der Waals surface area contributed by atoms with Crippen molar-refractivity contribution in [3.8, 4) is 0 Å². The lowest BCUT2D eigenvalue weighted by Crippen LogP contribution is -2.06. The first kappa shape index (κ1) is 10.6. The minimum Gasteiger partial charge on any atom is -0.209 e. The van der Waals surface area contributed by atoms with Gasteiger partial charge in [-0.15, -0.1) is 0 Å². The molecule has 0 amide bonds. The van der Waals surface area contributed by atoms with Crippen LogP contribution in [-0.2, 0) is 0 Å². The maximum atomic E-state index is 13.5. The van der Waals surface area contributed by atoms with Crippen molar-refractivity contribution in [3.63, 3.8) is 0 Å². The average Bonchev–Trinajstić information content (AvgIpc) is 2.24. The van der Waals surface area contributed by atoms with Gasteiger partial charge in [0.2, 0.25) is 0 Å². The fourth-order valence-corrected chi connectivity index (χ4v) is 2.17. The Morgan fingerprint density at radius 2 is 2.00 bits per heavy atom. The number of halogens is 2. The Hall–Kier alpha value is -0.920. The predicted octanol–water partition coefficient (Wildman–Crippen LogP) is 4.60. The van der Waals surface area contributed by atoms with Crippen LogP contribution in [0.4, 0.5) is 8.78 Å². The second-order valence-corrected chi connectivity index (χ2v) is 4.48. The van der Waals surface area contributed by atoms with Crippen LogP contribution < -0.4 is 0 Å². The zero-order chi connectivity index (χ0) is 10.8. The fraction of sp³-hybridized carbons (Fsp3) is 0.538. The van der Waals surface area contributed by atoms with Crippen LogP contribution in [0.3, 0.4) is 0 Å². The van der Waals surface area contributed by atoms with Gasteiger partial charge in [0.1, 0.15) is 5.83 Å². The van der Waals surface area contributed by atoms with Crippen LogP contribution in [0, 0.1) is 5.92 Å². The quantitative estimate of drug-likeness (QED) is 0.593. The van der Waals surface area contributed by atoms with Crippen LogP contribution in [0.25, 0.3) is 0 Å². The molecule has 2 aliphatic carbocycles. The molecule has 0 nitrogen and oxygen atoms in total. The molecule has 0 saturated carbocycles. The van der Waals surface area contributed by atoms with Crippen LogP contribution in [-0.4, -0.2) is 0 Å². The second-order valence-electron chi connectivity index (χ2n) is 4.48. The van der Waals surface area contributed by atoms with Gasteiger partial charge >= 0.3 is 0 Å². The van der Waals surface area contributed by atoms with Gasteiger partial charge in [0, 0.05) is 12.0 Å². The number of rotatable bonds is 1. The third kappa shape index (κ3) is 2.19. The van der Waals surface area contributed by atoms with Gasteiger partial charge < -0.3 is 0 Å². The molecule has 2 rings (SSSR count). The van der Waals surface area contributed by atoms with Crippen molar-refractivity contribution in [2.45, 2.75) is 39.0 Å². The van der Waals surface area contributed by atoms with Crippen molar-refractivity contribution < 1.29 is 8.78 Å². The van der Waals surface area contributed by atoms with Crippen molar-refractivity contribution in [1.82, 2.24) is 0 Å². The SMILES string of the molecule is CC1CC=C(C2=CCCC(F)=C2F)CC1. The minimum atomic E-state index is -0.623. The monoisotopic (exact) mass is 210 g/mol. The van der Waals surface area contributed by atoms with E-state index in [0.29, 0.717) is 17.9 Å². The van der Waals surface area contributed by atoms with Gasteiger partial charge in [-0.3, -0.25) is 0 Å². The Morgan fingerprint density at radius 1 is 1.20 bits per heavy atom. The van der Waals surface area contributed by atoms with Gasteiger partial charge in [-0.05, 0) is 37.2 Å². The molecule has 82 valence electrons. The molecular weight excluding hydrogens is 194 g/mol. The van der Waals surface area contributed by atoms with E-state index in [2.05, 4.69) is 13.0 Å². The number of allylic oxidation sites excluding steroid dienone is 6. The van der Waals surface area contributed by atoms with Crippen LogP contribution in [0.15, 0.2) is 35.0 Å². The summed E-state index contributed by atoms with van der Waals surface area (Å²) in [5, 5.41) is 0. The number of hydrogen-bond acceptors (Lipinski definition) is 0. The molecule has 0 saturated heterocycles. The molecule has 0 aromatic rings. The van der Waals surface area contributed by atoms with E-state index >= 15 is 0 Å². The first-order valence-corrected chi connectivity index (χ1v) is 5.62. The summed E-state index contributed by atoms with van der Waals surface area (Å²) in [5.41, 5.74) is 1.52. The van der Waals surface area contributed by atoms with Crippen LogP contribution in [0.2, 0.25) is 0 Å². The van der Waals surface area contributed by atoms with Gasteiger partial charge in [-0.2, -0.15) is 0 Å². The molecule has 2 aliphatic rings. The van der Waals surface area contributed by atoms with Crippen LogP contribution >= 0.6 is 0 Å². The van der Waals surface area contributed by atoms with E-state index < -0.39 is 11.7 Å². The summed E-state index contributed by atoms with van der Waals surface area (Å²) < 4.78 is 26.6. The first-order chi connectivity index (χ1) is 7.18. The summed E-state index contributed by atoms with van der Waals surface area (Å²) in [7, 11) is 0. The summed E-state index contributed by atoms with van der Waals surface area (Å²) in [6.07, 6.45) is 7.70. The van der Waals surface area contributed by atoms with Crippen LogP contribution in [0.5, 0.6) is 0 Å². The molecule has 0 spiro atoms. The lowest BCUT2D eigenvalue weighted by atomic mass is 9.85. The Bertz CT molecular complexity index is 348. The number of hydrogen-bond donors (Lipinski definition) is 0. The van der Waals surface area contributed by atoms with Crippen molar-refractivity contribution >= 4 is 0 Å². The maximum Gasteiger partial charge on any atom is 0.161 e. The third-order valence-electron chi connectivity index (χ3n) is 3.21. The summed E-state index contributed by atoms with van der Waals surface area (Å²) in [6.45, 7) is 2.19. The van der Waals surface area contributed by atoms with Gasteiger partial charge in [0.15, 0.2) is 5.83 Å². The summed E-state index contributed by atoms with van der Waals surface area (Å²) in [5.74, 6) is -0.524. The molecule has 0 radical (unpaired) electrons. The lowest BCUT2D eigenvalue weighted by molar-refractivity contribution is 0.493. The molecule has 1 unspecified atom stereocenters. The van der Waals surface area contributed by atoms with Gasteiger partial charge in [0.05, 0.1) is 0 Å². The molecule has 0 N–H and O–H groups in total. The molecule has 0 heterocycles. The van der Waals surface area contributed by atoms with Crippen molar-refractivity contribution in [1.29, 1.82) is 0 Å². The first-order valence-electron chi connectivity index (χ1n) is 5.62. The van der Waals surface area contributed by atoms with Crippen molar-refractivity contribution in [2.24, 2.45) is 5.92 Å². The van der Waals surface area contributed by atoms with Gasteiger partial charge in [0.25, 0.3) is 0 Å². The fourth-order valence-electron chi connectivity index (χ4n) is 2.17. The minimum absolute atomic E-state index is 0.221. The maximum absolute atomic E-state index is 13.5. The van der Waals surface area contributed by atoms with E-state index in [1.54, 1.807) is 0 Å². The Labute approximate surface area is 89.4 Å². The highest BCUT2D eigenvalue weighted by molar-refractivity contribution is 5.46. The van der Waals surface area contributed by atoms with E-state index in [9.17, 15) is 8.78 Å². The van der Waals surface area contributed by atoms with E-state index in [0.717, 1.165) is 24.8 Å². The van der Waals surface area contributed by atoms with Crippen molar-refractivity contribution in [3.05, 3.63) is 35.0 Å². The molecule has 1 atom stereocenters. The second kappa shape index (κ2) is 4.30. The Kier molecular flexibility index (Phi) is 3.03. The zero-order valence-corrected chi connectivity index (χ0v) is 9.02. The molecule has 2 heteroatoms. The summed E-state index contributed by atoms with van der Waals surface area (Å²) in [4.78, 5) is 0. The summed E-state index contributed by atoms with van der Waals surface area (Å²) >= 11 is 0. The van der Waals surface area contributed by atoms with E-state index in [-0.39, 0.29) is 6.42 Å². The van der Waals surface area contributed by atoms with E-state index in [1.165, 1.54) is 0 Å². The van der Waals surface area contributed by atoms with E-state index in [1.807, 2.05) is 6.08 Å². The Balaban J connectivity index is 2.21. The lowest BCUT2D eigenvalue weighted by Gasteiger charge is -2.21. The predicted molar refractivity (Wildman–Crippen MR) is 57.7 cm³/mol. The topological polar surface area (TPSA) is 0 Å². The standard InChI is InChI=1S/C13H16F2/c1-9-5-7-10(8-6-9)11-3-2-4-12(14)13(11)15/h3,7,9H,2,4-6,8H2,1H3. The molecule has 15 heavy (non-hydrogen) atoms. The third-order valence-corrected chi connectivity index (χ3v) is 3.21. The highest BCUT2D eigenvalue weighted by Gasteiger charge is 2.21. The highest BCUT2D eigenvalue weighted by atomic mass is 19.2. The normalized spacial score (nSPS) is 27.5. The molecule has 0 aromatic carbocycles. The molecule has 0 fully saturated rings. The van der Waals surface area contributed by atoms with Crippen LogP contribution in [0.1, 0.15) is 39.0 Å². The van der Waals surface area contributed by atoms with Gasteiger partial charge in [-0.25, -0.2) is 8.78 Å². The van der Waals surface area contributed by atoms with Crippen molar-refractivity contribution in [2.75, 3.05) is 0 Å². The van der Waals surface area contributed by atoms with E-state index in [4.69, 9.17) is 0 Å². The largest absolute Gasteiger partial charge is 0.209 e. The molecule has 0 bridgehead atoms.